The summed E-state index contributed by atoms with van der Waals surface area (Å²) < 4.78 is 4.82. The zero-order valence-corrected chi connectivity index (χ0v) is 9.23. The molecule has 0 fully saturated rings. The summed E-state index contributed by atoms with van der Waals surface area (Å²) in [6, 6.07) is 7.03. The van der Waals surface area contributed by atoms with Crippen molar-refractivity contribution in [1.82, 2.24) is 5.48 Å². The Labute approximate surface area is 94.5 Å². The van der Waals surface area contributed by atoms with Gasteiger partial charge in [-0.05, 0) is 17.7 Å². The molecule has 1 rings (SSSR count). The van der Waals surface area contributed by atoms with Gasteiger partial charge in [0.05, 0.1) is 13.2 Å². The van der Waals surface area contributed by atoms with Crippen molar-refractivity contribution in [3.05, 3.63) is 35.4 Å². The molecule has 0 aliphatic rings. The molecule has 16 heavy (non-hydrogen) atoms. The Morgan fingerprint density at radius 3 is 2.56 bits per heavy atom. The van der Waals surface area contributed by atoms with Crippen LogP contribution in [0.5, 0.6) is 0 Å². The van der Waals surface area contributed by atoms with Crippen molar-refractivity contribution in [3.8, 4) is 0 Å². The summed E-state index contributed by atoms with van der Waals surface area (Å²) in [7, 11) is 1.62. The van der Waals surface area contributed by atoms with Gasteiger partial charge in [0, 0.05) is 19.2 Å². The van der Waals surface area contributed by atoms with Crippen LogP contribution >= 0.6 is 0 Å². The molecule has 1 aromatic rings. The molecule has 0 saturated carbocycles. The van der Waals surface area contributed by atoms with Crippen LogP contribution in [0.15, 0.2) is 24.3 Å². The smallest absolute Gasteiger partial charge is 0.248 e. The van der Waals surface area contributed by atoms with Crippen molar-refractivity contribution in [2.24, 2.45) is 5.73 Å². The summed E-state index contributed by atoms with van der Waals surface area (Å²) in [5, 5.41) is 0. The molecule has 0 atom stereocenters. The van der Waals surface area contributed by atoms with Crippen molar-refractivity contribution in [3.63, 3.8) is 0 Å². The highest BCUT2D eigenvalue weighted by Crippen LogP contribution is 2.03. The largest absolute Gasteiger partial charge is 0.382 e. The van der Waals surface area contributed by atoms with E-state index in [0.717, 1.165) is 5.56 Å². The Morgan fingerprint density at radius 2 is 2.00 bits per heavy atom. The first-order valence-electron chi connectivity index (χ1n) is 4.96. The van der Waals surface area contributed by atoms with Gasteiger partial charge in [-0.2, -0.15) is 5.48 Å². The van der Waals surface area contributed by atoms with E-state index in [9.17, 15) is 4.79 Å². The Bertz CT molecular complexity index is 325. The third-order valence-corrected chi connectivity index (χ3v) is 2.01. The van der Waals surface area contributed by atoms with Crippen molar-refractivity contribution < 1.29 is 14.4 Å². The second kappa shape index (κ2) is 6.95. The van der Waals surface area contributed by atoms with Gasteiger partial charge in [-0.3, -0.25) is 9.63 Å². The highest BCUT2D eigenvalue weighted by atomic mass is 16.7. The normalized spacial score (nSPS) is 10.3. The minimum atomic E-state index is -0.421. The van der Waals surface area contributed by atoms with Gasteiger partial charge in [0.15, 0.2) is 0 Å². The van der Waals surface area contributed by atoms with Crippen LogP contribution in [0.4, 0.5) is 0 Å². The van der Waals surface area contributed by atoms with Gasteiger partial charge in [-0.15, -0.1) is 0 Å². The third-order valence-electron chi connectivity index (χ3n) is 2.01. The number of amides is 1. The number of carbonyl (C=O) groups excluding carboxylic acids is 1. The molecular weight excluding hydrogens is 208 g/mol. The average Bonchev–Trinajstić information content (AvgIpc) is 2.29. The molecule has 88 valence electrons. The number of carbonyl (C=O) groups is 1. The molecule has 0 bridgehead atoms. The van der Waals surface area contributed by atoms with Crippen LogP contribution in [0.2, 0.25) is 0 Å². The zero-order valence-electron chi connectivity index (χ0n) is 9.23. The van der Waals surface area contributed by atoms with E-state index in [2.05, 4.69) is 5.48 Å². The van der Waals surface area contributed by atoms with Gasteiger partial charge in [0.25, 0.3) is 0 Å². The van der Waals surface area contributed by atoms with E-state index in [1.54, 1.807) is 19.2 Å². The van der Waals surface area contributed by atoms with Crippen LogP contribution in [0, 0.1) is 0 Å². The van der Waals surface area contributed by atoms with Gasteiger partial charge in [0.2, 0.25) is 5.91 Å². The highest BCUT2D eigenvalue weighted by molar-refractivity contribution is 5.92. The Kier molecular flexibility index (Phi) is 5.49. The summed E-state index contributed by atoms with van der Waals surface area (Å²) >= 11 is 0. The Balaban J connectivity index is 2.29. The minimum absolute atomic E-state index is 0.421. The van der Waals surface area contributed by atoms with Crippen molar-refractivity contribution in [2.75, 3.05) is 20.3 Å². The fourth-order valence-corrected chi connectivity index (χ4v) is 1.12. The number of nitrogens with two attached hydrogens (primary N) is 1. The maximum absolute atomic E-state index is 10.8. The second-order valence-electron chi connectivity index (χ2n) is 3.22. The molecule has 1 aromatic carbocycles. The predicted molar refractivity (Wildman–Crippen MR) is 59.6 cm³/mol. The summed E-state index contributed by atoms with van der Waals surface area (Å²) in [4.78, 5) is 15.9. The maximum Gasteiger partial charge on any atom is 0.248 e. The summed E-state index contributed by atoms with van der Waals surface area (Å²) in [6.45, 7) is 1.62. The first-order valence-corrected chi connectivity index (χ1v) is 4.96. The van der Waals surface area contributed by atoms with Gasteiger partial charge in [-0.25, -0.2) is 0 Å². The number of benzene rings is 1. The number of nitrogens with one attached hydrogen (secondary N) is 1. The van der Waals surface area contributed by atoms with Crippen LogP contribution < -0.4 is 11.2 Å². The van der Waals surface area contributed by atoms with Crippen LogP contribution in [0.1, 0.15) is 15.9 Å². The SMILES string of the molecule is COCCONCc1ccc(C(N)=O)cc1. The molecule has 0 unspecified atom stereocenters. The third kappa shape index (κ3) is 4.39. The Morgan fingerprint density at radius 1 is 1.31 bits per heavy atom. The molecule has 5 nitrogen and oxygen atoms in total. The zero-order chi connectivity index (χ0) is 11.8. The fraction of sp³-hybridized carbons (Fsp3) is 0.364. The highest BCUT2D eigenvalue weighted by Gasteiger charge is 1.99. The standard InChI is InChI=1S/C11H16N2O3/c1-15-6-7-16-13-8-9-2-4-10(5-3-9)11(12)14/h2-5,13H,6-8H2,1H3,(H2,12,14). The molecule has 3 N–H and O–H groups in total. The lowest BCUT2D eigenvalue weighted by Gasteiger charge is -2.05. The molecular formula is C11H16N2O3. The second-order valence-corrected chi connectivity index (χ2v) is 3.22. The maximum atomic E-state index is 10.8. The summed E-state index contributed by atoms with van der Waals surface area (Å²) in [5.41, 5.74) is 9.43. The van der Waals surface area contributed by atoms with Gasteiger partial charge < -0.3 is 10.5 Å². The first kappa shape index (κ1) is 12.6. The van der Waals surface area contributed by atoms with Crippen LogP contribution in [-0.2, 0) is 16.1 Å². The lowest BCUT2D eigenvalue weighted by molar-refractivity contribution is 0.00346. The van der Waals surface area contributed by atoms with E-state index in [4.69, 9.17) is 15.3 Å². The van der Waals surface area contributed by atoms with Gasteiger partial charge in [0.1, 0.15) is 0 Å². The van der Waals surface area contributed by atoms with Gasteiger partial charge in [-0.1, -0.05) is 12.1 Å². The number of hydrogen-bond donors (Lipinski definition) is 2. The molecule has 0 saturated heterocycles. The number of ether oxygens (including phenoxy) is 1. The molecule has 0 aliphatic heterocycles. The lowest BCUT2D eigenvalue weighted by Crippen LogP contribution is -2.17. The van der Waals surface area contributed by atoms with E-state index in [1.165, 1.54) is 0 Å². The van der Waals surface area contributed by atoms with E-state index in [0.29, 0.717) is 25.3 Å². The Hall–Kier alpha value is -1.43. The van der Waals surface area contributed by atoms with E-state index < -0.39 is 5.91 Å². The van der Waals surface area contributed by atoms with E-state index >= 15 is 0 Å². The molecule has 5 heteroatoms. The topological polar surface area (TPSA) is 73.6 Å². The number of hydrogen-bond acceptors (Lipinski definition) is 4. The number of primary amides is 1. The molecule has 0 spiro atoms. The first-order chi connectivity index (χ1) is 7.74. The van der Waals surface area contributed by atoms with Crippen LogP contribution in [0.3, 0.4) is 0 Å². The van der Waals surface area contributed by atoms with E-state index in [-0.39, 0.29) is 0 Å². The summed E-state index contributed by atoms with van der Waals surface area (Å²) in [6.07, 6.45) is 0. The average molecular weight is 224 g/mol. The number of hydroxylamine groups is 1. The molecule has 0 radical (unpaired) electrons. The fourth-order valence-electron chi connectivity index (χ4n) is 1.12. The minimum Gasteiger partial charge on any atom is -0.382 e. The molecule has 0 aliphatic carbocycles. The van der Waals surface area contributed by atoms with Crippen molar-refractivity contribution in [1.29, 1.82) is 0 Å². The van der Waals surface area contributed by atoms with E-state index in [1.807, 2.05) is 12.1 Å². The molecule has 1 amide bonds. The van der Waals surface area contributed by atoms with Crippen LogP contribution in [-0.4, -0.2) is 26.2 Å². The predicted octanol–water partition coefficient (Wildman–Crippen LogP) is 0.453. The van der Waals surface area contributed by atoms with Crippen LogP contribution in [0.25, 0.3) is 0 Å². The van der Waals surface area contributed by atoms with Gasteiger partial charge >= 0.3 is 0 Å². The van der Waals surface area contributed by atoms with Crippen molar-refractivity contribution >= 4 is 5.91 Å². The van der Waals surface area contributed by atoms with Crippen molar-refractivity contribution in [2.45, 2.75) is 6.54 Å². The number of methoxy groups -OCH3 is 1. The lowest BCUT2D eigenvalue weighted by atomic mass is 10.1. The molecule has 0 heterocycles. The monoisotopic (exact) mass is 224 g/mol. The molecule has 0 aromatic heterocycles. The summed E-state index contributed by atoms with van der Waals surface area (Å²) in [5.74, 6) is -0.421. The quantitative estimate of drug-likeness (QED) is 0.521. The number of rotatable bonds is 7.